The lowest BCUT2D eigenvalue weighted by Crippen LogP contribution is -2.15. The second-order valence-electron chi connectivity index (χ2n) is 3.81. The maximum absolute atomic E-state index is 13.1. The van der Waals surface area contributed by atoms with Crippen LogP contribution in [0.4, 0.5) is 15.8 Å². The fourth-order valence-corrected chi connectivity index (χ4v) is 2.42. The van der Waals surface area contributed by atoms with Gasteiger partial charge in [0.25, 0.3) is 5.91 Å². The molecule has 2 aromatic rings. The Hall–Kier alpha value is -1.60. The number of nitrogen functional groups attached to an aromatic ring is 1. The molecule has 0 unspecified atom stereocenters. The molecule has 19 heavy (non-hydrogen) atoms. The number of amides is 1. The maximum atomic E-state index is 13.1. The second-order valence-corrected chi connectivity index (χ2v) is 5.07. The molecule has 1 aromatic heterocycles. The molecular weight excluding hydrogens is 339 g/mol. The van der Waals surface area contributed by atoms with E-state index in [2.05, 4.69) is 26.3 Å². The minimum Gasteiger partial charge on any atom is -0.396 e. The monoisotopic (exact) mass is 346 g/mol. The van der Waals surface area contributed by atoms with Crippen molar-refractivity contribution in [2.45, 2.75) is 0 Å². The van der Waals surface area contributed by atoms with E-state index in [0.29, 0.717) is 4.47 Å². The second kappa shape index (κ2) is 5.18. The molecule has 1 heterocycles. The number of benzene rings is 1. The summed E-state index contributed by atoms with van der Waals surface area (Å²) in [5.74, 6) is -1.03. The van der Waals surface area contributed by atoms with Gasteiger partial charge in [-0.2, -0.15) is 5.10 Å². The highest BCUT2D eigenvalue weighted by Crippen LogP contribution is 2.32. The van der Waals surface area contributed by atoms with Crippen LogP contribution in [0.1, 0.15) is 10.5 Å². The average molecular weight is 348 g/mol. The van der Waals surface area contributed by atoms with Gasteiger partial charge in [0.05, 0.1) is 16.4 Å². The molecule has 3 N–H and O–H groups in total. The Bertz CT molecular complexity index is 635. The fraction of sp³-hybridized carbons (Fsp3) is 0.0909. The Morgan fingerprint density at radius 2 is 2.26 bits per heavy atom. The zero-order valence-electron chi connectivity index (χ0n) is 9.75. The third-order valence-corrected chi connectivity index (χ3v) is 3.24. The molecule has 2 rings (SSSR count). The Balaban J connectivity index is 2.32. The molecule has 100 valence electrons. The highest BCUT2D eigenvalue weighted by atomic mass is 79.9. The molecule has 0 spiro atoms. The largest absolute Gasteiger partial charge is 0.396 e. The number of nitrogens with one attached hydrogen (secondary N) is 1. The van der Waals surface area contributed by atoms with Crippen molar-refractivity contribution in [3.63, 3.8) is 0 Å². The number of hydrogen-bond donors (Lipinski definition) is 2. The van der Waals surface area contributed by atoms with E-state index in [1.807, 2.05) is 0 Å². The quantitative estimate of drug-likeness (QED) is 0.877. The Morgan fingerprint density at radius 3 is 2.79 bits per heavy atom. The summed E-state index contributed by atoms with van der Waals surface area (Å²) in [6.07, 6.45) is 1.51. The van der Waals surface area contributed by atoms with Crippen molar-refractivity contribution in [1.29, 1.82) is 0 Å². The van der Waals surface area contributed by atoms with E-state index in [1.54, 1.807) is 7.05 Å². The number of carbonyl (C=O) groups is 1. The van der Waals surface area contributed by atoms with Gasteiger partial charge in [-0.3, -0.25) is 9.48 Å². The molecule has 0 radical (unpaired) electrons. The SMILES string of the molecule is Cn1cc(N)c(C(=O)Nc2c(Cl)cc(F)cc2Br)n1. The average Bonchev–Trinajstić information content (AvgIpc) is 2.62. The molecule has 0 aliphatic heterocycles. The third kappa shape index (κ3) is 2.87. The zero-order chi connectivity index (χ0) is 14.2. The van der Waals surface area contributed by atoms with E-state index in [4.69, 9.17) is 17.3 Å². The number of aryl methyl sites for hydroxylation is 1. The number of carbonyl (C=O) groups excluding carboxylic acids is 1. The van der Waals surface area contributed by atoms with Crippen LogP contribution >= 0.6 is 27.5 Å². The van der Waals surface area contributed by atoms with E-state index < -0.39 is 11.7 Å². The predicted molar refractivity (Wildman–Crippen MR) is 74.7 cm³/mol. The highest BCUT2D eigenvalue weighted by molar-refractivity contribution is 9.10. The van der Waals surface area contributed by atoms with Gasteiger partial charge in [0.1, 0.15) is 5.82 Å². The zero-order valence-corrected chi connectivity index (χ0v) is 12.1. The molecule has 0 saturated heterocycles. The van der Waals surface area contributed by atoms with Crippen molar-refractivity contribution in [2.75, 3.05) is 11.1 Å². The number of hydrogen-bond acceptors (Lipinski definition) is 3. The lowest BCUT2D eigenvalue weighted by molar-refractivity contribution is 0.102. The van der Waals surface area contributed by atoms with Crippen LogP contribution in [0.5, 0.6) is 0 Å². The first-order valence-corrected chi connectivity index (χ1v) is 6.30. The van der Waals surface area contributed by atoms with Gasteiger partial charge in [-0.15, -0.1) is 0 Å². The van der Waals surface area contributed by atoms with Crippen LogP contribution in [0.15, 0.2) is 22.8 Å². The van der Waals surface area contributed by atoms with Gasteiger partial charge in [-0.05, 0) is 28.1 Å². The van der Waals surface area contributed by atoms with E-state index in [9.17, 15) is 9.18 Å². The summed E-state index contributed by atoms with van der Waals surface area (Å²) >= 11 is 9.00. The van der Waals surface area contributed by atoms with E-state index >= 15 is 0 Å². The molecule has 8 heteroatoms. The summed E-state index contributed by atoms with van der Waals surface area (Å²) in [4.78, 5) is 12.0. The van der Waals surface area contributed by atoms with Crippen molar-refractivity contribution in [3.8, 4) is 0 Å². The molecular formula is C11H9BrClFN4O. The summed E-state index contributed by atoms with van der Waals surface area (Å²) in [5.41, 5.74) is 6.23. The summed E-state index contributed by atoms with van der Waals surface area (Å²) in [5, 5.41) is 6.54. The Morgan fingerprint density at radius 1 is 1.58 bits per heavy atom. The molecule has 0 aliphatic rings. The van der Waals surface area contributed by atoms with Crippen LogP contribution in [0.25, 0.3) is 0 Å². The fourth-order valence-electron chi connectivity index (χ4n) is 1.52. The van der Waals surface area contributed by atoms with Crippen LogP contribution in [0, 0.1) is 5.82 Å². The van der Waals surface area contributed by atoms with Crippen LogP contribution in [0.2, 0.25) is 5.02 Å². The highest BCUT2D eigenvalue weighted by Gasteiger charge is 2.17. The third-order valence-electron chi connectivity index (χ3n) is 2.32. The van der Waals surface area contributed by atoms with E-state index in [0.717, 1.165) is 6.07 Å². The molecule has 0 fully saturated rings. The van der Waals surface area contributed by atoms with Gasteiger partial charge in [0.2, 0.25) is 0 Å². The van der Waals surface area contributed by atoms with Crippen molar-refractivity contribution in [3.05, 3.63) is 39.3 Å². The van der Waals surface area contributed by atoms with Gasteiger partial charge >= 0.3 is 0 Å². The number of halogens is 3. The molecule has 0 bridgehead atoms. The minimum absolute atomic E-state index is 0.0785. The first-order valence-electron chi connectivity index (χ1n) is 5.13. The van der Waals surface area contributed by atoms with Gasteiger partial charge in [0, 0.05) is 17.7 Å². The molecule has 5 nitrogen and oxygen atoms in total. The summed E-state index contributed by atoms with van der Waals surface area (Å²) < 4.78 is 14.8. The van der Waals surface area contributed by atoms with E-state index in [1.165, 1.54) is 16.9 Å². The predicted octanol–water partition coefficient (Wildman–Crippen LogP) is 2.81. The van der Waals surface area contributed by atoms with Gasteiger partial charge in [0.15, 0.2) is 5.69 Å². The molecule has 1 amide bonds. The van der Waals surface area contributed by atoms with Crippen molar-refractivity contribution in [1.82, 2.24) is 9.78 Å². The molecule has 0 saturated carbocycles. The topological polar surface area (TPSA) is 72.9 Å². The first kappa shape index (κ1) is 13.8. The van der Waals surface area contributed by atoms with E-state index in [-0.39, 0.29) is 22.1 Å². The van der Waals surface area contributed by atoms with Crippen LogP contribution in [-0.4, -0.2) is 15.7 Å². The van der Waals surface area contributed by atoms with Gasteiger partial charge in [-0.25, -0.2) is 4.39 Å². The van der Waals surface area contributed by atoms with Crippen LogP contribution < -0.4 is 11.1 Å². The molecule has 0 atom stereocenters. The molecule has 1 aromatic carbocycles. The van der Waals surface area contributed by atoms with Crippen LogP contribution in [-0.2, 0) is 7.05 Å². The summed E-state index contributed by atoms with van der Waals surface area (Å²) in [6, 6.07) is 2.30. The van der Waals surface area contributed by atoms with Crippen molar-refractivity contribution in [2.24, 2.45) is 7.05 Å². The van der Waals surface area contributed by atoms with Crippen molar-refractivity contribution >= 4 is 44.8 Å². The smallest absolute Gasteiger partial charge is 0.278 e. The standard InChI is InChI=1S/C11H9BrClFN4O/c1-18-4-8(15)10(17-18)11(19)16-9-6(12)2-5(14)3-7(9)13/h2-4H,15H2,1H3,(H,16,19). The van der Waals surface area contributed by atoms with Gasteiger partial charge in [-0.1, -0.05) is 11.6 Å². The Labute approximate surface area is 121 Å². The number of nitrogens with two attached hydrogens (primary N) is 1. The number of anilines is 2. The normalized spacial score (nSPS) is 10.5. The lowest BCUT2D eigenvalue weighted by Gasteiger charge is -2.08. The summed E-state index contributed by atoms with van der Waals surface area (Å²) in [6.45, 7) is 0. The number of rotatable bonds is 2. The molecule has 0 aliphatic carbocycles. The van der Waals surface area contributed by atoms with Gasteiger partial charge < -0.3 is 11.1 Å². The number of nitrogens with zero attached hydrogens (tertiary/aromatic N) is 2. The Kier molecular flexibility index (Phi) is 3.77. The van der Waals surface area contributed by atoms with Crippen molar-refractivity contribution < 1.29 is 9.18 Å². The maximum Gasteiger partial charge on any atom is 0.278 e. The number of aromatic nitrogens is 2. The lowest BCUT2D eigenvalue weighted by atomic mass is 10.3. The first-order chi connectivity index (χ1) is 8.88. The minimum atomic E-state index is -0.521. The van der Waals surface area contributed by atoms with Crippen LogP contribution in [0.3, 0.4) is 0 Å². The summed E-state index contributed by atoms with van der Waals surface area (Å²) in [7, 11) is 1.65.